The number of nitrogens with two attached hydrogens (primary N) is 1. The number of alkyl carbamates (subject to hydrolysis) is 1. The maximum atomic E-state index is 12.4. The van der Waals surface area contributed by atoms with Gasteiger partial charge in [0.1, 0.15) is 11.2 Å². The zero-order valence-corrected chi connectivity index (χ0v) is 17.9. The van der Waals surface area contributed by atoms with Gasteiger partial charge in [-0.2, -0.15) is 0 Å². The van der Waals surface area contributed by atoms with E-state index < -0.39 is 22.8 Å². The van der Waals surface area contributed by atoms with E-state index in [2.05, 4.69) is 5.32 Å². The molecule has 0 aromatic carbocycles. The highest BCUT2D eigenvalue weighted by Gasteiger charge is 2.27. The summed E-state index contributed by atoms with van der Waals surface area (Å²) in [6.07, 6.45) is 1.43. The largest absolute Gasteiger partial charge is 0.444 e. The van der Waals surface area contributed by atoms with E-state index in [1.54, 1.807) is 4.90 Å². The Kier molecular flexibility index (Phi) is 9.42. The average molecular weight is 374 g/mol. The molecule has 0 atom stereocenters. The lowest BCUT2D eigenvalue weighted by Crippen LogP contribution is -2.48. The van der Waals surface area contributed by atoms with E-state index in [1.807, 2.05) is 55.4 Å². The van der Waals surface area contributed by atoms with E-state index in [0.717, 1.165) is 12.8 Å². The molecular weight excluding hydrogens is 334 g/mol. The summed E-state index contributed by atoms with van der Waals surface area (Å²) in [6.45, 7) is 16.5. The Hall–Kier alpha value is -1.50. The number of carbonyl (C=O) groups is 2. The number of hydrogen-bond acceptors (Lipinski definition) is 5. The molecule has 2 amide bonds. The van der Waals surface area contributed by atoms with Gasteiger partial charge in [-0.25, -0.2) is 9.59 Å². The fourth-order valence-electron chi connectivity index (χ4n) is 2.12. The molecule has 3 N–H and O–H groups in total. The summed E-state index contributed by atoms with van der Waals surface area (Å²) in [7, 11) is 0. The van der Waals surface area contributed by atoms with E-state index in [4.69, 9.17) is 15.2 Å². The van der Waals surface area contributed by atoms with Crippen molar-refractivity contribution < 1.29 is 19.1 Å². The molecule has 0 unspecified atom stereocenters. The van der Waals surface area contributed by atoms with Crippen LogP contribution in [-0.4, -0.2) is 53.5 Å². The van der Waals surface area contributed by atoms with Gasteiger partial charge >= 0.3 is 12.2 Å². The van der Waals surface area contributed by atoms with Gasteiger partial charge in [-0.1, -0.05) is 0 Å². The molecular formula is C19H39N3O4. The lowest BCUT2D eigenvalue weighted by atomic mass is 10.0. The Morgan fingerprint density at radius 2 is 1.42 bits per heavy atom. The Labute approximate surface area is 159 Å². The Bertz CT molecular complexity index is 451. The molecule has 0 aromatic rings. The quantitative estimate of drug-likeness (QED) is 0.633. The summed E-state index contributed by atoms with van der Waals surface area (Å²) in [5, 5.41) is 2.86. The number of ether oxygens (including phenoxy) is 2. The van der Waals surface area contributed by atoms with Gasteiger partial charge in [0.2, 0.25) is 0 Å². The SMILES string of the molecule is CC(C)(CCN(CCCCN)C(=O)OC(C)(C)C)NC(=O)OC(C)(C)C. The van der Waals surface area contributed by atoms with Crippen LogP contribution in [-0.2, 0) is 9.47 Å². The van der Waals surface area contributed by atoms with Crippen LogP contribution in [0.2, 0.25) is 0 Å². The molecule has 0 aliphatic rings. The Morgan fingerprint density at radius 3 is 1.88 bits per heavy atom. The summed E-state index contributed by atoms with van der Waals surface area (Å²) < 4.78 is 10.8. The minimum absolute atomic E-state index is 0.345. The Morgan fingerprint density at radius 1 is 0.885 bits per heavy atom. The molecule has 0 bridgehead atoms. The molecule has 0 aliphatic heterocycles. The number of nitrogens with zero attached hydrogens (tertiary/aromatic N) is 1. The number of hydrogen-bond donors (Lipinski definition) is 2. The highest BCUT2D eigenvalue weighted by atomic mass is 16.6. The second-order valence-corrected chi connectivity index (χ2v) is 9.22. The average Bonchev–Trinajstić information content (AvgIpc) is 2.37. The van der Waals surface area contributed by atoms with Crippen molar-refractivity contribution in [3.8, 4) is 0 Å². The molecule has 0 spiro atoms. The van der Waals surface area contributed by atoms with Crippen molar-refractivity contribution in [3.63, 3.8) is 0 Å². The van der Waals surface area contributed by atoms with E-state index >= 15 is 0 Å². The minimum Gasteiger partial charge on any atom is -0.444 e. The van der Waals surface area contributed by atoms with Crippen LogP contribution in [0.1, 0.15) is 74.7 Å². The lowest BCUT2D eigenvalue weighted by Gasteiger charge is -2.32. The van der Waals surface area contributed by atoms with Gasteiger partial charge in [0.15, 0.2) is 0 Å². The van der Waals surface area contributed by atoms with Crippen molar-refractivity contribution in [2.75, 3.05) is 19.6 Å². The molecule has 0 aromatic heterocycles. The van der Waals surface area contributed by atoms with Crippen LogP contribution in [0.15, 0.2) is 0 Å². The van der Waals surface area contributed by atoms with Crippen molar-refractivity contribution in [2.45, 2.75) is 91.4 Å². The van der Waals surface area contributed by atoms with E-state index in [-0.39, 0.29) is 6.09 Å². The third-order valence-corrected chi connectivity index (χ3v) is 3.38. The summed E-state index contributed by atoms with van der Waals surface area (Å²) in [5.74, 6) is 0. The lowest BCUT2D eigenvalue weighted by molar-refractivity contribution is 0.0229. The number of rotatable bonds is 8. The third kappa shape index (κ3) is 12.8. The van der Waals surface area contributed by atoms with Gasteiger partial charge in [0, 0.05) is 18.6 Å². The standard InChI is InChI=1S/C19H39N3O4/c1-17(2,3)25-15(23)21-19(7,8)11-14-22(13-10-9-12-20)16(24)26-18(4,5)6/h9-14,20H2,1-8H3,(H,21,23). The predicted octanol–water partition coefficient (Wildman–Crippen LogP) is 3.66. The topological polar surface area (TPSA) is 93.9 Å². The number of unbranched alkanes of at least 4 members (excludes halogenated alkanes) is 1. The monoisotopic (exact) mass is 373 g/mol. The highest BCUT2D eigenvalue weighted by Crippen LogP contribution is 2.16. The van der Waals surface area contributed by atoms with E-state index in [1.165, 1.54) is 0 Å². The molecule has 7 heteroatoms. The van der Waals surface area contributed by atoms with Crippen LogP contribution >= 0.6 is 0 Å². The van der Waals surface area contributed by atoms with Gasteiger partial charge < -0.3 is 25.4 Å². The Balaban J connectivity index is 4.77. The second-order valence-electron chi connectivity index (χ2n) is 9.22. The molecule has 0 radical (unpaired) electrons. The normalized spacial score (nSPS) is 12.5. The molecule has 0 aliphatic carbocycles. The van der Waals surface area contributed by atoms with Gasteiger partial charge in [0.25, 0.3) is 0 Å². The first-order valence-electron chi connectivity index (χ1n) is 9.34. The molecule has 7 nitrogen and oxygen atoms in total. The van der Waals surface area contributed by atoms with Crippen molar-refractivity contribution in [1.29, 1.82) is 0 Å². The van der Waals surface area contributed by atoms with Crippen LogP contribution in [0.3, 0.4) is 0 Å². The van der Waals surface area contributed by atoms with Gasteiger partial charge in [-0.15, -0.1) is 0 Å². The van der Waals surface area contributed by atoms with Crippen molar-refractivity contribution >= 4 is 12.2 Å². The summed E-state index contributed by atoms with van der Waals surface area (Å²) in [6, 6.07) is 0. The predicted molar refractivity (Wildman–Crippen MR) is 104 cm³/mol. The fraction of sp³-hybridized carbons (Fsp3) is 0.895. The molecule has 26 heavy (non-hydrogen) atoms. The van der Waals surface area contributed by atoms with Crippen LogP contribution in [0, 0.1) is 0 Å². The summed E-state index contributed by atoms with van der Waals surface area (Å²) >= 11 is 0. The summed E-state index contributed by atoms with van der Waals surface area (Å²) in [5.41, 5.74) is 3.93. The van der Waals surface area contributed by atoms with Crippen molar-refractivity contribution in [3.05, 3.63) is 0 Å². The zero-order valence-electron chi connectivity index (χ0n) is 17.9. The molecule has 0 fully saturated rings. The number of nitrogens with one attached hydrogen (secondary N) is 1. The molecule has 0 saturated heterocycles. The number of amides is 2. The van der Waals surface area contributed by atoms with Crippen LogP contribution < -0.4 is 11.1 Å². The second kappa shape index (κ2) is 10.00. The number of carbonyl (C=O) groups excluding carboxylic acids is 2. The van der Waals surface area contributed by atoms with Gasteiger partial charge in [0.05, 0.1) is 0 Å². The van der Waals surface area contributed by atoms with Gasteiger partial charge in [-0.3, -0.25) is 0 Å². The van der Waals surface area contributed by atoms with Gasteiger partial charge in [-0.05, 0) is 81.2 Å². The van der Waals surface area contributed by atoms with Crippen LogP contribution in [0.25, 0.3) is 0 Å². The maximum Gasteiger partial charge on any atom is 0.410 e. The first-order chi connectivity index (χ1) is 11.7. The van der Waals surface area contributed by atoms with Crippen molar-refractivity contribution in [2.24, 2.45) is 5.73 Å². The first-order valence-corrected chi connectivity index (χ1v) is 9.34. The third-order valence-electron chi connectivity index (χ3n) is 3.38. The molecule has 0 rings (SSSR count). The molecule has 154 valence electrons. The molecule has 0 saturated carbocycles. The smallest absolute Gasteiger partial charge is 0.410 e. The van der Waals surface area contributed by atoms with E-state index in [0.29, 0.717) is 26.1 Å². The highest BCUT2D eigenvalue weighted by molar-refractivity contribution is 5.69. The maximum absolute atomic E-state index is 12.4. The molecule has 0 heterocycles. The van der Waals surface area contributed by atoms with E-state index in [9.17, 15) is 9.59 Å². The van der Waals surface area contributed by atoms with Crippen LogP contribution in [0.4, 0.5) is 9.59 Å². The first kappa shape index (κ1) is 24.5. The van der Waals surface area contributed by atoms with Crippen LogP contribution in [0.5, 0.6) is 0 Å². The zero-order chi connectivity index (χ0) is 20.6. The minimum atomic E-state index is -0.551. The fourth-order valence-corrected chi connectivity index (χ4v) is 2.12. The summed E-state index contributed by atoms with van der Waals surface area (Å²) in [4.78, 5) is 26.1. The van der Waals surface area contributed by atoms with Crippen molar-refractivity contribution in [1.82, 2.24) is 10.2 Å².